The summed E-state index contributed by atoms with van der Waals surface area (Å²) in [7, 11) is 0. The van der Waals surface area contributed by atoms with Crippen molar-refractivity contribution in [2.24, 2.45) is 5.73 Å². The second-order valence-electron chi connectivity index (χ2n) is 4.69. The second-order valence-corrected chi connectivity index (χ2v) is 5.13. The van der Waals surface area contributed by atoms with Crippen LogP contribution in [-0.2, 0) is 6.54 Å². The molecule has 4 nitrogen and oxygen atoms in total. The number of rotatable bonds is 2. The smallest absolute Gasteiger partial charge is 0.314 e. The monoisotopic (exact) mass is 285 g/mol. The topological polar surface area (TPSA) is 49.6 Å². The minimum Gasteiger partial charge on any atom is -0.351 e. The van der Waals surface area contributed by atoms with Gasteiger partial charge in [0, 0.05) is 43.3 Å². The molecule has 0 spiro atoms. The molecule has 0 aliphatic carbocycles. The molecule has 1 aliphatic heterocycles. The van der Waals surface area contributed by atoms with Crippen LogP contribution in [0.25, 0.3) is 0 Å². The van der Waals surface area contributed by atoms with E-state index in [9.17, 15) is 9.18 Å². The fourth-order valence-electron chi connectivity index (χ4n) is 2.24. The average Bonchev–Trinajstić information content (AvgIpc) is 2.58. The van der Waals surface area contributed by atoms with Gasteiger partial charge >= 0.3 is 6.03 Å². The van der Waals surface area contributed by atoms with E-state index in [0.29, 0.717) is 36.8 Å². The summed E-state index contributed by atoms with van der Waals surface area (Å²) in [5.74, 6) is -0.288. The Hall–Kier alpha value is -1.33. The van der Waals surface area contributed by atoms with E-state index in [4.69, 9.17) is 17.3 Å². The lowest BCUT2D eigenvalue weighted by atomic mass is 10.2. The zero-order valence-corrected chi connectivity index (χ0v) is 11.4. The summed E-state index contributed by atoms with van der Waals surface area (Å²) in [5.41, 5.74) is 5.89. The Kier molecular flexibility index (Phi) is 4.61. The normalized spacial score (nSPS) is 17.3. The first kappa shape index (κ1) is 14.1. The fourth-order valence-corrected chi connectivity index (χ4v) is 2.40. The van der Waals surface area contributed by atoms with Crippen molar-refractivity contribution in [2.75, 3.05) is 26.2 Å². The molecule has 0 bridgehead atoms. The number of nitrogens with two attached hydrogens (primary N) is 1. The van der Waals surface area contributed by atoms with Crippen LogP contribution >= 0.6 is 11.6 Å². The van der Waals surface area contributed by atoms with Crippen LogP contribution in [-0.4, -0.2) is 42.0 Å². The number of hydrogen-bond donors (Lipinski definition) is 1. The first-order valence-corrected chi connectivity index (χ1v) is 6.65. The predicted octanol–water partition coefficient (Wildman–Crippen LogP) is 2.07. The number of carbonyl (C=O) groups excluding carboxylic acids is 1. The standard InChI is InChI=1S/C13H17ClFN3O/c14-11-3-2-10(12(15)8-11)9-17-4-1-5-18(7-6-17)13(16)19/h2-3,8H,1,4-7,9H2,(H2,16,19). The molecule has 2 amide bonds. The highest BCUT2D eigenvalue weighted by Crippen LogP contribution is 2.17. The summed E-state index contributed by atoms with van der Waals surface area (Å²) in [4.78, 5) is 14.9. The highest BCUT2D eigenvalue weighted by atomic mass is 35.5. The molecule has 0 unspecified atom stereocenters. The fraction of sp³-hybridized carbons (Fsp3) is 0.462. The van der Waals surface area contributed by atoms with Crippen molar-refractivity contribution in [3.63, 3.8) is 0 Å². The molecule has 2 N–H and O–H groups in total. The van der Waals surface area contributed by atoms with Crippen molar-refractivity contribution in [1.29, 1.82) is 0 Å². The van der Waals surface area contributed by atoms with Crippen molar-refractivity contribution in [2.45, 2.75) is 13.0 Å². The Morgan fingerprint density at radius 1 is 1.32 bits per heavy atom. The van der Waals surface area contributed by atoms with E-state index >= 15 is 0 Å². The minimum absolute atomic E-state index is 0.288. The SMILES string of the molecule is NC(=O)N1CCCN(Cc2ccc(Cl)cc2F)CC1. The quantitative estimate of drug-likeness (QED) is 0.904. The average molecular weight is 286 g/mol. The van der Waals surface area contributed by atoms with Gasteiger partial charge in [0.1, 0.15) is 5.82 Å². The lowest BCUT2D eigenvalue weighted by Crippen LogP contribution is -2.38. The summed E-state index contributed by atoms with van der Waals surface area (Å²) >= 11 is 5.73. The highest BCUT2D eigenvalue weighted by molar-refractivity contribution is 6.30. The number of halogens is 2. The number of urea groups is 1. The van der Waals surface area contributed by atoms with Crippen LogP contribution in [0.5, 0.6) is 0 Å². The number of primary amides is 1. The van der Waals surface area contributed by atoms with Gasteiger partial charge in [-0.3, -0.25) is 4.90 Å². The van der Waals surface area contributed by atoms with E-state index < -0.39 is 0 Å². The summed E-state index contributed by atoms with van der Waals surface area (Å²) in [6.07, 6.45) is 0.845. The van der Waals surface area contributed by atoms with Crippen LogP contribution in [0.1, 0.15) is 12.0 Å². The number of hydrogen-bond acceptors (Lipinski definition) is 2. The largest absolute Gasteiger partial charge is 0.351 e. The first-order valence-electron chi connectivity index (χ1n) is 6.27. The maximum absolute atomic E-state index is 13.7. The van der Waals surface area contributed by atoms with Crippen molar-refractivity contribution in [3.8, 4) is 0 Å². The molecular formula is C13H17ClFN3O. The Labute approximate surface area is 116 Å². The van der Waals surface area contributed by atoms with Gasteiger partial charge in [-0.1, -0.05) is 17.7 Å². The van der Waals surface area contributed by atoms with Crippen molar-refractivity contribution < 1.29 is 9.18 Å². The Balaban J connectivity index is 1.97. The van der Waals surface area contributed by atoms with E-state index in [2.05, 4.69) is 4.90 Å². The molecule has 19 heavy (non-hydrogen) atoms. The number of carbonyl (C=O) groups is 1. The maximum Gasteiger partial charge on any atom is 0.314 e. The third kappa shape index (κ3) is 3.81. The van der Waals surface area contributed by atoms with Crippen LogP contribution in [0.4, 0.5) is 9.18 Å². The molecule has 0 radical (unpaired) electrons. The molecule has 104 valence electrons. The van der Waals surface area contributed by atoms with Gasteiger partial charge in [-0.15, -0.1) is 0 Å². The van der Waals surface area contributed by atoms with Crippen LogP contribution in [0.15, 0.2) is 18.2 Å². The van der Waals surface area contributed by atoms with Gasteiger partial charge in [0.2, 0.25) is 0 Å². The van der Waals surface area contributed by atoms with Gasteiger partial charge in [-0.2, -0.15) is 0 Å². The van der Waals surface area contributed by atoms with Crippen molar-refractivity contribution >= 4 is 17.6 Å². The number of nitrogens with zero attached hydrogens (tertiary/aromatic N) is 2. The van der Waals surface area contributed by atoms with Gasteiger partial charge in [0.05, 0.1) is 0 Å². The number of benzene rings is 1. The molecule has 2 rings (SSSR count). The second kappa shape index (κ2) is 6.21. The van der Waals surface area contributed by atoms with E-state index in [0.717, 1.165) is 13.0 Å². The highest BCUT2D eigenvalue weighted by Gasteiger charge is 2.18. The summed E-state index contributed by atoms with van der Waals surface area (Å²) in [6, 6.07) is 4.33. The Morgan fingerprint density at radius 3 is 2.79 bits per heavy atom. The zero-order valence-electron chi connectivity index (χ0n) is 10.6. The Bertz CT molecular complexity index is 469. The molecule has 6 heteroatoms. The summed E-state index contributed by atoms with van der Waals surface area (Å²) in [6.45, 7) is 3.30. The maximum atomic E-state index is 13.7. The van der Waals surface area contributed by atoms with Gasteiger partial charge in [0.15, 0.2) is 0 Å². The van der Waals surface area contributed by atoms with Crippen LogP contribution in [0.2, 0.25) is 5.02 Å². The van der Waals surface area contributed by atoms with Crippen molar-refractivity contribution in [1.82, 2.24) is 9.80 Å². The van der Waals surface area contributed by atoms with Crippen LogP contribution in [0, 0.1) is 5.82 Å². The predicted molar refractivity (Wildman–Crippen MR) is 72.5 cm³/mol. The first-order chi connectivity index (χ1) is 9.06. The van der Waals surface area contributed by atoms with E-state index in [-0.39, 0.29) is 11.8 Å². The molecule has 1 aromatic rings. The molecule has 1 aliphatic rings. The molecular weight excluding hydrogens is 269 g/mol. The molecule has 0 atom stereocenters. The molecule has 1 fully saturated rings. The zero-order chi connectivity index (χ0) is 13.8. The third-order valence-corrected chi connectivity index (χ3v) is 3.54. The van der Waals surface area contributed by atoms with E-state index in [1.807, 2.05) is 0 Å². The van der Waals surface area contributed by atoms with Gasteiger partial charge in [-0.25, -0.2) is 9.18 Å². The molecule has 0 aromatic heterocycles. The number of amides is 2. The molecule has 1 heterocycles. The molecule has 0 saturated carbocycles. The van der Waals surface area contributed by atoms with Gasteiger partial charge < -0.3 is 10.6 Å². The minimum atomic E-state index is -0.389. The molecule has 1 saturated heterocycles. The van der Waals surface area contributed by atoms with Crippen molar-refractivity contribution in [3.05, 3.63) is 34.6 Å². The summed E-state index contributed by atoms with van der Waals surface area (Å²) < 4.78 is 13.7. The van der Waals surface area contributed by atoms with Gasteiger partial charge in [-0.05, 0) is 18.6 Å². The molecule has 1 aromatic carbocycles. The lowest BCUT2D eigenvalue weighted by Gasteiger charge is -2.21. The van der Waals surface area contributed by atoms with E-state index in [1.54, 1.807) is 17.0 Å². The third-order valence-electron chi connectivity index (χ3n) is 3.31. The Morgan fingerprint density at radius 2 is 2.11 bits per heavy atom. The van der Waals surface area contributed by atoms with Crippen LogP contribution < -0.4 is 5.73 Å². The van der Waals surface area contributed by atoms with Gasteiger partial charge in [0.25, 0.3) is 0 Å². The van der Waals surface area contributed by atoms with Crippen LogP contribution in [0.3, 0.4) is 0 Å². The lowest BCUT2D eigenvalue weighted by molar-refractivity contribution is 0.207. The summed E-state index contributed by atoms with van der Waals surface area (Å²) in [5, 5.41) is 0.400. The van der Waals surface area contributed by atoms with E-state index in [1.165, 1.54) is 6.07 Å².